The zero-order valence-electron chi connectivity index (χ0n) is 15.6. The SMILES string of the molecule is CCOC(=O)[C@@H](N)[C@H](O)c1ccc(O)c(Cl)c1O[Si](C)(C)C(C)(C)C. The van der Waals surface area contributed by atoms with Crippen LogP contribution < -0.4 is 10.2 Å². The van der Waals surface area contributed by atoms with Crippen molar-refractivity contribution in [2.45, 2.75) is 58.0 Å². The van der Waals surface area contributed by atoms with E-state index < -0.39 is 26.4 Å². The van der Waals surface area contributed by atoms with Gasteiger partial charge in [-0.1, -0.05) is 32.4 Å². The van der Waals surface area contributed by atoms with Crippen LogP contribution in [0.25, 0.3) is 0 Å². The van der Waals surface area contributed by atoms with E-state index in [2.05, 4.69) is 20.8 Å². The molecule has 0 heterocycles. The molecule has 4 N–H and O–H groups in total. The molecule has 1 aromatic rings. The number of hydrogen-bond donors (Lipinski definition) is 3. The van der Waals surface area contributed by atoms with Gasteiger partial charge in [-0.25, -0.2) is 0 Å². The lowest BCUT2D eigenvalue weighted by Gasteiger charge is -2.37. The number of aromatic hydroxyl groups is 1. The van der Waals surface area contributed by atoms with E-state index in [1.807, 2.05) is 13.1 Å². The first-order chi connectivity index (χ1) is 11.3. The highest BCUT2D eigenvalue weighted by Crippen LogP contribution is 2.45. The highest BCUT2D eigenvalue weighted by molar-refractivity contribution is 6.74. The third-order valence-electron chi connectivity index (χ3n) is 4.49. The van der Waals surface area contributed by atoms with Crippen LogP contribution >= 0.6 is 11.6 Å². The van der Waals surface area contributed by atoms with Crippen molar-refractivity contribution in [1.82, 2.24) is 0 Å². The van der Waals surface area contributed by atoms with Crippen LogP contribution in [0.4, 0.5) is 0 Å². The molecule has 0 aromatic heterocycles. The number of aliphatic hydroxyl groups excluding tert-OH is 1. The van der Waals surface area contributed by atoms with Crippen molar-refractivity contribution < 1.29 is 24.2 Å². The van der Waals surface area contributed by atoms with E-state index in [1.165, 1.54) is 12.1 Å². The average Bonchev–Trinajstić information content (AvgIpc) is 2.49. The van der Waals surface area contributed by atoms with Crippen LogP contribution in [-0.2, 0) is 9.53 Å². The third-order valence-corrected chi connectivity index (χ3v) is 9.18. The number of nitrogens with two attached hydrogens (primary N) is 1. The van der Waals surface area contributed by atoms with Gasteiger partial charge in [-0.15, -0.1) is 0 Å². The number of phenols is 1. The number of carbonyl (C=O) groups excluding carboxylic acids is 1. The molecule has 8 heteroatoms. The van der Waals surface area contributed by atoms with Crippen LogP contribution in [0.2, 0.25) is 23.2 Å². The Labute approximate surface area is 155 Å². The zero-order valence-corrected chi connectivity index (χ0v) is 17.3. The number of hydrogen-bond acceptors (Lipinski definition) is 6. The Morgan fingerprint density at radius 2 is 1.92 bits per heavy atom. The molecule has 0 fully saturated rings. The van der Waals surface area contributed by atoms with Gasteiger partial charge in [0.1, 0.15) is 28.7 Å². The lowest BCUT2D eigenvalue weighted by molar-refractivity contribution is -0.147. The Bertz CT molecular complexity index is 630. The molecule has 142 valence electrons. The number of carbonyl (C=O) groups is 1. The molecule has 0 radical (unpaired) electrons. The maximum Gasteiger partial charge on any atom is 0.325 e. The Kier molecular flexibility index (Phi) is 6.92. The van der Waals surface area contributed by atoms with E-state index in [9.17, 15) is 15.0 Å². The smallest absolute Gasteiger partial charge is 0.325 e. The van der Waals surface area contributed by atoms with Gasteiger partial charge in [-0.3, -0.25) is 4.79 Å². The van der Waals surface area contributed by atoms with E-state index in [0.717, 1.165) is 0 Å². The summed E-state index contributed by atoms with van der Waals surface area (Å²) in [6.45, 7) is 12.0. The molecule has 0 saturated heterocycles. The van der Waals surface area contributed by atoms with Gasteiger partial charge in [0.25, 0.3) is 8.32 Å². The average molecular weight is 390 g/mol. The van der Waals surface area contributed by atoms with Crippen LogP contribution in [0, 0.1) is 0 Å². The predicted molar refractivity (Wildman–Crippen MR) is 101 cm³/mol. The molecule has 2 atom stereocenters. The number of phenolic OH excluding ortho intramolecular Hbond substituents is 1. The number of ether oxygens (including phenoxy) is 1. The summed E-state index contributed by atoms with van der Waals surface area (Å²) in [6, 6.07) is 1.49. The molecular formula is C17H28ClNO5Si. The van der Waals surface area contributed by atoms with E-state index in [-0.39, 0.29) is 33.7 Å². The van der Waals surface area contributed by atoms with E-state index in [1.54, 1.807) is 6.92 Å². The minimum absolute atomic E-state index is 0.0163. The number of esters is 1. The second kappa shape index (κ2) is 7.95. The van der Waals surface area contributed by atoms with Crippen molar-refractivity contribution in [3.63, 3.8) is 0 Å². The van der Waals surface area contributed by atoms with Crippen molar-refractivity contribution in [3.8, 4) is 11.5 Å². The second-order valence-corrected chi connectivity index (χ2v) is 12.5. The molecule has 0 spiro atoms. The van der Waals surface area contributed by atoms with Crippen molar-refractivity contribution in [2.75, 3.05) is 6.61 Å². The molecule has 0 amide bonds. The molecule has 6 nitrogen and oxygen atoms in total. The van der Waals surface area contributed by atoms with Crippen LogP contribution in [0.5, 0.6) is 11.5 Å². The zero-order chi connectivity index (χ0) is 19.6. The molecule has 0 unspecified atom stereocenters. The monoisotopic (exact) mass is 389 g/mol. The fourth-order valence-corrected chi connectivity index (χ4v) is 3.18. The van der Waals surface area contributed by atoms with Gasteiger partial charge in [0, 0.05) is 5.56 Å². The van der Waals surface area contributed by atoms with Crippen LogP contribution in [0.3, 0.4) is 0 Å². The summed E-state index contributed by atoms with van der Waals surface area (Å²) in [5.74, 6) is -0.742. The summed E-state index contributed by atoms with van der Waals surface area (Å²) >= 11 is 6.22. The minimum atomic E-state index is -2.32. The fourth-order valence-electron chi connectivity index (χ4n) is 1.87. The molecule has 0 bridgehead atoms. The summed E-state index contributed by atoms with van der Waals surface area (Å²) in [5, 5.41) is 20.3. The summed E-state index contributed by atoms with van der Waals surface area (Å²) in [4.78, 5) is 11.8. The Hall–Kier alpha value is -1.28. The van der Waals surface area contributed by atoms with Crippen LogP contribution in [0.1, 0.15) is 39.4 Å². The van der Waals surface area contributed by atoms with Crippen LogP contribution in [-0.4, -0.2) is 37.1 Å². The molecule has 0 saturated carbocycles. The second-order valence-electron chi connectivity index (χ2n) is 7.40. The van der Waals surface area contributed by atoms with E-state index in [0.29, 0.717) is 0 Å². The Balaban J connectivity index is 3.34. The number of rotatable bonds is 6. The minimum Gasteiger partial charge on any atom is -0.542 e. The largest absolute Gasteiger partial charge is 0.542 e. The summed E-state index contributed by atoms with van der Waals surface area (Å²) in [5.41, 5.74) is 6.05. The third kappa shape index (κ3) is 4.88. The highest BCUT2D eigenvalue weighted by atomic mass is 35.5. The van der Waals surface area contributed by atoms with Gasteiger partial charge in [0.05, 0.1) is 6.61 Å². The first-order valence-corrected chi connectivity index (χ1v) is 11.4. The van der Waals surface area contributed by atoms with Gasteiger partial charge in [0.15, 0.2) is 0 Å². The Morgan fingerprint density at radius 3 is 2.40 bits per heavy atom. The lowest BCUT2D eigenvalue weighted by atomic mass is 10.0. The van der Waals surface area contributed by atoms with Gasteiger partial charge in [-0.2, -0.15) is 0 Å². The Morgan fingerprint density at radius 1 is 1.36 bits per heavy atom. The van der Waals surface area contributed by atoms with Crippen LogP contribution in [0.15, 0.2) is 12.1 Å². The van der Waals surface area contributed by atoms with Crippen molar-refractivity contribution in [3.05, 3.63) is 22.7 Å². The highest BCUT2D eigenvalue weighted by Gasteiger charge is 2.41. The van der Waals surface area contributed by atoms with Crippen molar-refractivity contribution in [2.24, 2.45) is 5.73 Å². The number of halogens is 1. The molecule has 0 aliphatic carbocycles. The van der Waals surface area contributed by atoms with Gasteiger partial charge in [0.2, 0.25) is 0 Å². The number of aliphatic hydroxyl groups is 1. The fraction of sp³-hybridized carbons (Fsp3) is 0.588. The first kappa shape index (κ1) is 21.8. The molecule has 0 aliphatic rings. The molecule has 1 aromatic carbocycles. The van der Waals surface area contributed by atoms with Crippen molar-refractivity contribution in [1.29, 1.82) is 0 Å². The predicted octanol–water partition coefficient (Wildman–Crippen LogP) is 3.35. The maximum atomic E-state index is 11.8. The molecular weight excluding hydrogens is 362 g/mol. The lowest BCUT2D eigenvalue weighted by Crippen LogP contribution is -2.44. The van der Waals surface area contributed by atoms with Gasteiger partial charge in [-0.05, 0) is 37.2 Å². The molecule has 25 heavy (non-hydrogen) atoms. The molecule has 0 aliphatic heterocycles. The normalized spacial score (nSPS) is 14.8. The summed E-state index contributed by atoms with van der Waals surface area (Å²) in [7, 11) is -2.32. The quantitative estimate of drug-likeness (QED) is 0.509. The van der Waals surface area contributed by atoms with E-state index in [4.69, 9.17) is 26.5 Å². The standard InChI is InChI=1S/C17H28ClNO5Si/c1-7-23-16(22)13(19)14(21)10-8-9-11(20)12(18)15(10)24-25(5,6)17(2,3)4/h8-9,13-14,20-21H,7,19H2,1-6H3/t13-,14+/m0/s1. The maximum absolute atomic E-state index is 11.8. The van der Waals surface area contributed by atoms with E-state index >= 15 is 0 Å². The number of benzene rings is 1. The van der Waals surface area contributed by atoms with Gasteiger partial charge < -0.3 is 25.1 Å². The first-order valence-electron chi connectivity index (χ1n) is 8.14. The summed E-state index contributed by atoms with van der Waals surface area (Å²) in [6.07, 6.45) is -1.38. The summed E-state index contributed by atoms with van der Waals surface area (Å²) < 4.78 is 11.1. The topological polar surface area (TPSA) is 102 Å². The molecule has 1 rings (SSSR count). The van der Waals surface area contributed by atoms with Gasteiger partial charge >= 0.3 is 5.97 Å². The van der Waals surface area contributed by atoms with Crippen molar-refractivity contribution >= 4 is 25.9 Å².